The van der Waals surface area contributed by atoms with Gasteiger partial charge in [-0.1, -0.05) is 0 Å². The largest absolute Gasteiger partial charge is 0.347 e. The van der Waals surface area contributed by atoms with Gasteiger partial charge in [0, 0.05) is 51.0 Å². The molecular weight excluding hydrogens is 276 g/mol. The summed E-state index contributed by atoms with van der Waals surface area (Å²) in [6, 6.07) is 0.348. The lowest BCUT2D eigenvalue weighted by atomic mass is 10.1. The molecule has 2 aromatic heterocycles. The lowest BCUT2D eigenvalue weighted by molar-refractivity contribution is 0.243. The van der Waals surface area contributed by atoms with Crippen LogP contribution >= 0.6 is 0 Å². The molecule has 0 aromatic carbocycles. The zero-order valence-electron chi connectivity index (χ0n) is 13.4. The molecule has 0 amide bonds. The number of hydrogen-bond donors (Lipinski definition) is 0. The van der Waals surface area contributed by atoms with Crippen molar-refractivity contribution < 1.29 is 0 Å². The number of aromatic nitrogens is 4. The van der Waals surface area contributed by atoms with Crippen LogP contribution in [0.15, 0.2) is 24.8 Å². The highest BCUT2D eigenvalue weighted by Crippen LogP contribution is 2.31. The van der Waals surface area contributed by atoms with Crippen LogP contribution in [0.1, 0.15) is 35.8 Å². The summed E-state index contributed by atoms with van der Waals surface area (Å²) < 4.78 is 0. The predicted molar refractivity (Wildman–Crippen MR) is 85.5 cm³/mol. The molecular formula is C16H22N6. The van der Waals surface area contributed by atoms with E-state index in [0.717, 1.165) is 42.4 Å². The number of anilines is 1. The standard InChI is InChI=1S/C16H22N6/c1-12-7-17-10-14(20-12)15-5-4-6-22(15)11-13-8-18-16(19-9-13)21(2)3/h7-10,15H,4-6,11H2,1-3H3. The van der Waals surface area contributed by atoms with Crippen molar-refractivity contribution in [3.63, 3.8) is 0 Å². The molecule has 1 aliphatic rings. The molecule has 1 saturated heterocycles. The molecule has 0 bridgehead atoms. The van der Waals surface area contributed by atoms with E-state index >= 15 is 0 Å². The molecule has 3 rings (SSSR count). The maximum absolute atomic E-state index is 4.64. The summed E-state index contributed by atoms with van der Waals surface area (Å²) in [7, 11) is 3.89. The molecule has 0 saturated carbocycles. The Morgan fingerprint density at radius 3 is 2.64 bits per heavy atom. The third-order valence-electron chi connectivity index (χ3n) is 3.96. The SMILES string of the molecule is Cc1cncc(C2CCCN2Cc2cnc(N(C)C)nc2)n1. The van der Waals surface area contributed by atoms with Crippen LogP contribution in [-0.2, 0) is 6.54 Å². The molecule has 116 valence electrons. The van der Waals surface area contributed by atoms with Crippen molar-refractivity contribution >= 4 is 5.95 Å². The minimum Gasteiger partial charge on any atom is -0.347 e. The summed E-state index contributed by atoms with van der Waals surface area (Å²) in [5.74, 6) is 0.742. The Kier molecular flexibility index (Phi) is 4.29. The predicted octanol–water partition coefficient (Wildman–Crippen LogP) is 1.98. The van der Waals surface area contributed by atoms with Crippen molar-refractivity contribution in [3.8, 4) is 0 Å². The van der Waals surface area contributed by atoms with Gasteiger partial charge in [0.2, 0.25) is 5.95 Å². The van der Waals surface area contributed by atoms with Gasteiger partial charge >= 0.3 is 0 Å². The van der Waals surface area contributed by atoms with Crippen LogP contribution in [0.2, 0.25) is 0 Å². The van der Waals surface area contributed by atoms with Crippen LogP contribution in [-0.4, -0.2) is 45.5 Å². The molecule has 1 atom stereocenters. The first-order valence-electron chi connectivity index (χ1n) is 7.64. The van der Waals surface area contributed by atoms with Crippen LogP contribution < -0.4 is 4.90 Å². The summed E-state index contributed by atoms with van der Waals surface area (Å²) >= 11 is 0. The molecule has 2 aromatic rings. The Hall–Kier alpha value is -2.08. The molecule has 1 unspecified atom stereocenters. The highest BCUT2D eigenvalue weighted by molar-refractivity contribution is 5.26. The summed E-state index contributed by atoms with van der Waals surface area (Å²) in [6.45, 7) is 3.92. The van der Waals surface area contributed by atoms with E-state index in [-0.39, 0.29) is 0 Å². The molecule has 1 aliphatic heterocycles. The lowest BCUT2D eigenvalue weighted by Gasteiger charge is -2.24. The Morgan fingerprint density at radius 2 is 1.95 bits per heavy atom. The fourth-order valence-electron chi connectivity index (χ4n) is 2.89. The van der Waals surface area contributed by atoms with E-state index in [1.165, 1.54) is 6.42 Å². The van der Waals surface area contributed by atoms with Crippen molar-refractivity contribution in [2.75, 3.05) is 25.5 Å². The monoisotopic (exact) mass is 298 g/mol. The average Bonchev–Trinajstić information content (AvgIpc) is 2.96. The fourth-order valence-corrected chi connectivity index (χ4v) is 2.89. The molecule has 0 N–H and O–H groups in total. The molecule has 3 heterocycles. The molecule has 6 heteroatoms. The molecule has 6 nitrogen and oxygen atoms in total. The summed E-state index contributed by atoms with van der Waals surface area (Å²) in [6.07, 6.45) is 9.85. The van der Waals surface area contributed by atoms with Crippen LogP contribution in [0.25, 0.3) is 0 Å². The number of aryl methyl sites for hydroxylation is 1. The van der Waals surface area contributed by atoms with E-state index < -0.39 is 0 Å². The number of nitrogens with zero attached hydrogens (tertiary/aromatic N) is 6. The highest BCUT2D eigenvalue weighted by Gasteiger charge is 2.27. The summed E-state index contributed by atoms with van der Waals surface area (Å²) in [5.41, 5.74) is 3.18. The summed E-state index contributed by atoms with van der Waals surface area (Å²) in [4.78, 5) is 22.1. The van der Waals surface area contributed by atoms with Gasteiger partial charge in [0.25, 0.3) is 0 Å². The molecule has 1 fully saturated rings. The molecule has 0 radical (unpaired) electrons. The highest BCUT2D eigenvalue weighted by atomic mass is 15.2. The van der Waals surface area contributed by atoms with E-state index in [2.05, 4.69) is 24.8 Å². The van der Waals surface area contributed by atoms with Gasteiger partial charge in [0.15, 0.2) is 0 Å². The van der Waals surface area contributed by atoms with Gasteiger partial charge in [-0.25, -0.2) is 9.97 Å². The second-order valence-electron chi connectivity index (χ2n) is 6.00. The van der Waals surface area contributed by atoms with Gasteiger partial charge in [-0.15, -0.1) is 0 Å². The lowest BCUT2D eigenvalue weighted by Crippen LogP contribution is -2.24. The normalized spacial score (nSPS) is 18.6. The quantitative estimate of drug-likeness (QED) is 0.860. The van der Waals surface area contributed by atoms with Gasteiger partial charge in [0.05, 0.1) is 17.4 Å². The van der Waals surface area contributed by atoms with E-state index in [9.17, 15) is 0 Å². The van der Waals surface area contributed by atoms with Crippen molar-refractivity contribution in [2.45, 2.75) is 32.4 Å². The zero-order chi connectivity index (χ0) is 15.5. The van der Waals surface area contributed by atoms with Crippen molar-refractivity contribution in [2.24, 2.45) is 0 Å². The van der Waals surface area contributed by atoms with E-state index in [0.29, 0.717) is 6.04 Å². The molecule has 0 aliphatic carbocycles. The number of rotatable bonds is 4. The fraction of sp³-hybridized carbons (Fsp3) is 0.500. The van der Waals surface area contributed by atoms with Crippen molar-refractivity contribution in [1.29, 1.82) is 0 Å². The smallest absolute Gasteiger partial charge is 0.224 e. The van der Waals surface area contributed by atoms with Gasteiger partial charge in [-0.3, -0.25) is 14.9 Å². The molecule has 22 heavy (non-hydrogen) atoms. The van der Waals surface area contributed by atoms with E-state index in [1.807, 2.05) is 44.5 Å². The minimum absolute atomic E-state index is 0.348. The first kappa shape index (κ1) is 14.8. The van der Waals surface area contributed by atoms with Crippen LogP contribution in [0.5, 0.6) is 0 Å². The zero-order valence-corrected chi connectivity index (χ0v) is 13.4. The first-order chi connectivity index (χ1) is 10.6. The van der Waals surface area contributed by atoms with E-state index in [1.54, 1.807) is 6.20 Å². The van der Waals surface area contributed by atoms with Crippen molar-refractivity contribution in [3.05, 3.63) is 41.7 Å². The Morgan fingerprint density at radius 1 is 1.18 bits per heavy atom. The van der Waals surface area contributed by atoms with Crippen LogP contribution in [0, 0.1) is 6.92 Å². The van der Waals surface area contributed by atoms with Gasteiger partial charge < -0.3 is 4.90 Å². The minimum atomic E-state index is 0.348. The maximum atomic E-state index is 4.64. The van der Waals surface area contributed by atoms with Crippen LogP contribution in [0.4, 0.5) is 5.95 Å². The van der Waals surface area contributed by atoms with Gasteiger partial charge in [-0.2, -0.15) is 0 Å². The number of likely N-dealkylation sites (tertiary alicyclic amines) is 1. The Bertz CT molecular complexity index is 625. The van der Waals surface area contributed by atoms with Crippen LogP contribution in [0.3, 0.4) is 0 Å². The third kappa shape index (κ3) is 3.22. The number of hydrogen-bond acceptors (Lipinski definition) is 6. The molecule has 0 spiro atoms. The first-order valence-corrected chi connectivity index (χ1v) is 7.64. The van der Waals surface area contributed by atoms with Crippen molar-refractivity contribution in [1.82, 2.24) is 24.8 Å². The maximum Gasteiger partial charge on any atom is 0.224 e. The Labute approximate surface area is 131 Å². The average molecular weight is 298 g/mol. The summed E-state index contributed by atoms with van der Waals surface area (Å²) in [5, 5.41) is 0. The second-order valence-corrected chi connectivity index (χ2v) is 6.00. The topological polar surface area (TPSA) is 58.0 Å². The third-order valence-corrected chi connectivity index (χ3v) is 3.96. The van der Waals surface area contributed by atoms with Gasteiger partial charge in [0.1, 0.15) is 0 Å². The second kappa shape index (κ2) is 6.36. The Balaban J connectivity index is 1.73. The van der Waals surface area contributed by atoms with Gasteiger partial charge in [-0.05, 0) is 26.3 Å². The van der Waals surface area contributed by atoms with E-state index in [4.69, 9.17) is 0 Å².